The van der Waals surface area contributed by atoms with E-state index in [-0.39, 0.29) is 11.9 Å². The van der Waals surface area contributed by atoms with E-state index in [0.29, 0.717) is 5.75 Å². The molecule has 0 amide bonds. The van der Waals surface area contributed by atoms with Crippen LogP contribution in [-0.4, -0.2) is 36.0 Å². The van der Waals surface area contributed by atoms with E-state index in [0.717, 1.165) is 22.5 Å². The van der Waals surface area contributed by atoms with Gasteiger partial charge in [0.15, 0.2) is 16.6 Å². The Labute approximate surface area is 153 Å². The van der Waals surface area contributed by atoms with Crippen LogP contribution in [0.15, 0.2) is 23.7 Å². The summed E-state index contributed by atoms with van der Waals surface area (Å²) in [4.78, 5) is 11.4. The molecule has 0 bridgehead atoms. The first-order valence-electron chi connectivity index (χ1n) is 8.27. The van der Waals surface area contributed by atoms with E-state index in [9.17, 15) is 4.79 Å². The smallest absolute Gasteiger partial charge is 0.454 e. The normalized spacial score (nSPS) is 20.8. The maximum atomic E-state index is 11.4. The summed E-state index contributed by atoms with van der Waals surface area (Å²) >= 11 is 1.25. The predicted octanol–water partition coefficient (Wildman–Crippen LogP) is 3.71. The average Bonchev–Trinajstić information content (AvgIpc) is 3.05. The van der Waals surface area contributed by atoms with Crippen LogP contribution in [0.1, 0.15) is 40.2 Å². The zero-order valence-electron chi connectivity index (χ0n) is 15.3. The Morgan fingerprint density at radius 3 is 2.44 bits per heavy atom. The maximum Gasteiger partial charge on any atom is 0.491 e. The van der Waals surface area contributed by atoms with E-state index in [2.05, 4.69) is 0 Å². The van der Waals surface area contributed by atoms with Crippen LogP contribution in [0, 0.1) is 0 Å². The molecule has 1 aromatic rings. The molecule has 0 N–H and O–H groups in total. The lowest BCUT2D eigenvalue weighted by Crippen LogP contribution is -2.41. The first-order valence-corrected chi connectivity index (χ1v) is 9.26. The minimum Gasteiger partial charge on any atom is -0.454 e. The molecule has 25 heavy (non-hydrogen) atoms. The predicted molar refractivity (Wildman–Crippen MR) is 99.8 cm³/mol. The first-order chi connectivity index (χ1) is 11.7. The van der Waals surface area contributed by atoms with Crippen LogP contribution in [-0.2, 0) is 14.1 Å². The summed E-state index contributed by atoms with van der Waals surface area (Å²) in [5, 5.41) is 0.0631. The zero-order chi connectivity index (χ0) is 18.2. The second-order valence-corrected chi connectivity index (χ2v) is 8.35. The third-order valence-electron chi connectivity index (χ3n) is 4.75. The van der Waals surface area contributed by atoms with E-state index >= 15 is 0 Å². The first kappa shape index (κ1) is 18.4. The van der Waals surface area contributed by atoms with Gasteiger partial charge in [-0.2, -0.15) is 0 Å². The number of ether oxygens (including phenoxy) is 2. The van der Waals surface area contributed by atoms with E-state index in [4.69, 9.17) is 18.8 Å². The Morgan fingerprint density at radius 2 is 1.80 bits per heavy atom. The third-order valence-corrected chi connectivity index (χ3v) is 5.63. The van der Waals surface area contributed by atoms with Crippen molar-refractivity contribution >= 4 is 30.1 Å². The molecule has 3 rings (SSSR count). The molecule has 0 aromatic heterocycles. The van der Waals surface area contributed by atoms with Crippen LogP contribution >= 0.6 is 11.8 Å². The van der Waals surface area contributed by atoms with Crippen LogP contribution in [0.5, 0.6) is 11.5 Å². The fraction of sp³-hybridized carbons (Fsp3) is 0.500. The van der Waals surface area contributed by atoms with Crippen molar-refractivity contribution in [3.8, 4) is 11.5 Å². The Hall–Kier alpha value is -1.44. The van der Waals surface area contributed by atoms with E-state index in [1.165, 1.54) is 11.8 Å². The lowest BCUT2D eigenvalue weighted by molar-refractivity contribution is -0.109. The molecule has 2 heterocycles. The molecular weight excluding hydrogens is 339 g/mol. The second-order valence-electron chi connectivity index (χ2n) is 7.20. The van der Waals surface area contributed by atoms with E-state index in [1.54, 1.807) is 6.92 Å². The highest BCUT2D eigenvalue weighted by molar-refractivity contribution is 8.13. The standard InChI is InChI=1S/C18H23BO5S/c1-12(20)25-10-14(19-23-17(2,3)18(4,5)24-19)8-13-6-7-15-16(9-13)22-11-21-15/h6-9H,10-11H2,1-5H3. The lowest BCUT2D eigenvalue weighted by Gasteiger charge is -2.32. The summed E-state index contributed by atoms with van der Waals surface area (Å²) in [5.41, 5.74) is 1.02. The number of rotatable bonds is 4. The Morgan fingerprint density at radius 1 is 1.16 bits per heavy atom. The van der Waals surface area contributed by atoms with Gasteiger partial charge in [0.25, 0.3) is 0 Å². The fourth-order valence-corrected chi connectivity index (χ4v) is 3.16. The maximum absolute atomic E-state index is 11.4. The molecule has 1 fully saturated rings. The quantitative estimate of drug-likeness (QED) is 0.761. The molecule has 0 aliphatic carbocycles. The van der Waals surface area contributed by atoms with E-state index < -0.39 is 18.3 Å². The molecule has 0 unspecified atom stereocenters. The number of carbonyl (C=O) groups is 1. The summed E-state index contributed by atoms with van der Waals surface area (Å²) in [7, 11) is -0.484. The summed E-state index contributed by atoms with van der Waals surface area (Å²) in [6.45, 7) is 9.87. The number of fused-ring (bicyclic) bond motifs is 1. The van der Waals surface area contributed by atoms with Crippen LogP contribution in [0.2, 0.25) is 0 Å². The number of hydrogen-bond donors (Lipinski definition) is 0. The largest absolute Gasteiger partial charge is 0.491 e. The molecule has 2 aliphatic rings. The van der Waals surface area contributed by atoms with Crippen molar-refractivity contribution in [2.45, 2.75) is 45.8 Å². The highest BCUT2D eigenvalue weighted by Crippen LogP contribution is 2.40. The molecule has 5 nitrogen and oxygen atoms in total. The van der Waals surface area contributed by atoms with Gasteiger partial charge in [0.1, 0.15) is 0 Å². The van der Waals surface area contributed by atoms with Gasteiger partial charge in [-0.3, -0.25) is 4.79 Å². The Kier molecular flexibility index (Phi) is 4.92. The fourth-order valence-electron chi connectivity index (χ4n) is 2.57. The van der Waals surface area contributed by atoms with Crippen molar-refractivity contribution in [3.05, 3.63) is 29.2 Å². The third kappa shape index (κ3) is 3.88. The van der Waals surface area contributed by atoms with Crippen molar-refractivity contribution < 1.29 is 23.6 Å². The summed E-state index contributed by atoms with van der Waals surface area (Å²) in [6, 6.07) is 5.76. The average molecular weight is 362 g/mol. The highest BCUT2D eigenvalue weighted by Gasteiger charge is 2.52. The molecule has 0 atom stereocenters. The second kappa shape index (κ2) is 6.70. The summed E-state index contributed by atoms with van der Waals surface area (Å²) in [5.74, 6) is 1.98. The molecule has 134 valence electrons. The topological polar surface area (TPSA) is 54.0 Å². The molecule has 1 saturated heterocycles. The van der Waals surface area contributed by atoms with Crippen molar-refractivity contribution in [2.75, 3.05) is 12.5 Å². The number of carbonyl (C=O) groups excluding carboxylic acids is 1. The molecule has 0 saturated carbocycles. The molecule has 7 heteroatoms. The number of hydrogen-bond acceptors (Lipinski definition) is 6. The van der Waals surface area contributed by atoms with Crippen LogP contribution in [0.25, 0.3) is 6.08 Å². The van der Waals surface area contributed by atoms with Gasteiger partial charge in [-0.15, -0.1) is 0 Å². The van der Waals surface area contributed by atoms with Gasteiger partial charge in [-0.1, -0.05) is 23.9 Å². The lowest BCUT2D eigenvalue weighted by atomic mass is 9.78. The van der Waals surface area contributed by atoms with Gasteiger partial charge in [0, 0.05) is 12.7 Å². The Balaban J connectivity index is 1.88. The van der Waals surface area contributed by atoms with Gasteiger partial charge in [-0.05, 0) is 50.9 Å². The molecule has 2 aliphatic heterocycles. The molecule has 1 aromatic carbocycles. The zero-order valence-corrected chi connectivity index (χ0v) is 16.1. The van der Waals surface area contributed by atoms with Crippen molar-refractivity contribution in [1.82, 2.24) is 0 Å². The summed E-state index contributed by atoms with van der Waals surface area (Å²) < 4.78 is 23.1. The molecule has 0 radical (unpaired) electrons. The van der Waals surface area contributed by atoms with Crippen molar-refractivity contribution in [1.29, 1.82) is 0 Å². The Bertz CT molecular complexity index is 697. The van der Waals surface area contributed by atoms with Gasteiger partial charge >= 0.3 is 7.12 Å². The van der Waals surface area contributed by atoms with Gasteiger partial charge in [0.05, 0.1) is 11.2 Å². The SMILES string of the molecule is CC(=O)SCC(=Cc1ccc2c(c1)OCO2)B1OC(C)(C)C(C)(C)O1. The summed E-state index contributed by atoms with van der Waals surface area (Å²) in [6.07, 6.45) is 2.00. The number of thioether (sulfide) groups is 1. The minimum atomic E-state index is -0.484. The van der Waals surface area contributed by atoms with E-state index in [1.807, 2.05) is 52.0 Å². The van der Waals surface area contributed by atoms with Gasteiger partial charge in [0.2, 0.25) is 6.79 Å². The molecule has 0 spiro atoms. The van der Waals surface area contributed by atoms with Crippen molar-refractivity contribution in [3.63, 3.8) is 0 Å². The van der Waals surface area contributed by atoms with Crippen LogP contribution < -0.4 is 9.47 Å². The number of benzene rings is 1. The highest BCUT2D eigenvalue weighted by atomic mass is 32.2. The monoisotopic (exact) mass is 362 g/mol. The molecular formula is C18H23BO5S. The van der Waals surface area contributed by atoms with Gasteiger partial charge < -0.3 is 18.8 Å². The van der Waals surface area contributed by atoms with Crippen LogP contribution in [0.3, 0.4) is 0 Å². The minimum absolute atomic E-state index is 0.0631. The van der Waals surface area contributed by atoms with Crippen molar-refractivity contribution in [2.24, 2.45) is 0 Å². The van der Waals surface area contributed by atoms with Crippen LogP contribution in [0.4, 0.5) is 0 Å². The van der Waals surface area contributed by atoms with Gasteiger partial charge in [-0.25, -0.2) is 0 Å².